The molecule has 0 unspecified atom stereocenters. The van der Waals surface area contributed by atoms with Crippen LogP contribution in [0.25, 0.3) is 22.1 Å². The van der Waals surface area contributed by atoms with Crippen molar-refractivity contribution in [3.05, 3.63) is 106 Å². The van der Waals surface area contributed by atoms with Gasteiger partial charge in [-0.1, -0.05) is 54.6 Å². The third-order valence-corrected chi connectivity index (χ3v) is 6.98. The largest absolute Gasteiger partial charge is 0.493 e. The molecule has 0 radical (unpaired) electrons. The fourth-order valence-corrected chi connectivity index (χ4v) is 4.83. The van der Waals surface area contributed by atoms with Crippen molar-refractivity contribution in [2.24, 2.45) is 0 Å². The van der Waals surface area contributed by atoms with Crippen molar-refractivity contribution >= 4 is 16.8 Å². The summed E-state index contributed by atoms with van der Waals surface area (Å²) in [4.78, 5) is 26.4. The van der Waals surface area contributed by atoms with Gasteiger partial charge in [0.1, 0.15) is 18.5 Å². The number of ether oxygens (including phenoxy) is 6. The molecule has 0 saturated carbocycles. The lowest BCUT2D eigenvalue weighted by molar-refractivity contribution is 0.103. The van der Waals surface area contributed by atoms with E-state index in [2.05, 4.69) is 0 Å². The highest BCUT2D eigenvalue weighted by atomic mass is 16.7. The Bertz CT molecular complexity index is 1840. The molecule has 1 aliphatic rings. The van der Waals surface area contributed by atoms with Crippen LogP contribution in [-0.2, 0) is 6.61 Å². The summed E-state index contributed by atoms with van der Waals surface area (Å²) < 4.78 is 39.6. The van der Waals surface area contributed by atoms with E-state index in [4.69, 9.17) is 32.8 Å². The van der Waals surface area contributed by atoms with Gasteiger partial charge in [0.2, 0.25) is 23.7 Å². The minimum atomic E-state index is -0.306. The zero-order chi connectivity index (χ0) is 29.2. The summed E-state index contributed by atoms with van der Waals surface area (Å²) in [5.41, 5.74) is 2.75. The fraction of sp³-hybridized carbons (Fsp3) is 0.152. The van der Waals surface area contributed by atoms with E-state index in [1.807, 2.05) is 30.3 Å². The van der Waals surface area contributed by atoms with Crippen molar-refractivity contribution in [1.82, 2.24) is 0 Å². The van der Waals surface area contributed by atoms with Crippen molar-refractivity contribution in [3.8, 4) is 45.6 Å². The molecule has 9 nitrogen and oxygen atoms in total. The van der Waals surface area contributed by atoms with E-state index in [9.17, 15) is 9.59 Å². The molecule has 9 heteroatoms. The Labute approximate surface area is 240 Å². The predicted molar refractivity (Wildman–Crippen MR) is 154 cm³/mol. The van der Waals surface area contributed by atoms with Gasteiger partial charge in [-0.15, -0.1) is 0 Å². The minimum absolute atomic E-state index is 0.00770. The summed E-state index contributed by atoms with van der Waals surface area (Å²) in [6.07, 6.45) is 1.36. The van der Waals surface area contributed by atoms with Gasteiger partial charge >= 0.3 is 0 Å². The molecule has 5 aromatic rings. The molecule has 4 aromatic carbocycles. The maximum atomic E-state index is 13.7. The van der Waals surface area contributed by atoms with Crippen LogP contribution in [0.2, 0.25) is 0 Å². The molecule has 2 heterocycles. The van der Waals surface area contributed by atoms with E-state index < -0.39 is 0 Å². The van der Waals surface area contributed by atoms with Gasteiger partial charge in [-0.3, -0.25) is 9.59 Å². The van der Waals surface area contributed by atoms with E-state index in [0.29, 0.717) is 62.2 Å². The zero-order valence-corrected chi connectivity index (χ0v) is 23.1. The Hall–Kier alpha value is -5.44. The lowest BCUT2D eigenvalue weighted by atomic mass is 10.0. The van der Waals surface area contributed by atoms with E-state index in [0.717, 1.165) is 5.56 Å². The van der Waals surface area contributed by atoms with Crippen LogP contribution in [0, 0.1) is 0 Å². The van der Waals surface area contributed by atoms with Crippen LogP contribution < -0.4 is 33.8 Å². The molecule has 1 aromatic heterocycles. The molecule has 0 fully saturated rings. The van der Waals surface area contributed by atoms with Crippen LogP contribution in [-0.4, -0.2) is 33.9 Å². The number of benzene rings is 4. The Morgan fingerprint density at radius 3 is 2.19 bits per heavy atom. The van der Waals surface area contributed by atoms with Crippen LogP contribution in [0.1, 0.15) is 21.5 Å². The van der Waals surface area contributed by atoms with E-state index in [1.54, 1.807) is 42.5 Å². The molecule has 1 aliphatic heterocycles. The Kier molecular flexibility index (Phi) is 7.14. The fourth-order valence-electron chi connectivity index (χ4n) is 4.83. The molecule has 0 spiro atoms. The van der Waals surface area contributed by atoms with Crippen molar-refractivity contribution in [1.29, 1.82) is 0 Å². The van der Waals surface area contributed by atoms with E-state index in [1.165, 1.54) is 27.6 Å². The van der Waals surface area contributed by atoms with Gasteiger partial charge in [0, 0.05) is 22.8 Å². The molecule has 0 N–H and O–H groups in total. The average molecular weight is 567 g/mol. The van der Waals surface area contributed by atoms with Gasteiger partial charge in [-0.2, -0.15) is 0 Å². The molecule has 42 heavy (non-hydrogen) atoms. The highest BCUT2D eigenvalue weighted by molar-refractivity contribution is 6.08. The summed E-state index contributed by atoms with van der Waals surface area (Å²) in [6, 6.07) is 21.2. The second-order valence-electron chi connectivity index (χ2n) is 9.38. The first kappa shape index (κ1) is 26.8. The first-order chi connectivity index (χ1) is 20.5. The Balaban J connectivity index is 1.29. The van der Waals surface area contributed by atoms with Crippen molar-refractivity contribution in [2.45, 2.75) is 6.61 Å². The van der Waals surface area contributed by atoms with Gasteiger partial charge in [-0.05, 0) is 17.7 Å². The third kappa shape index (κ3) is 4.75. The highest BCUT2D eigenvalue weighted by Crippen LogP contribution is 2.52. The van der Waals surface area contributed by atoms with Gasteiger partial charge < -0.3 is 32.8 Å². The number of methoxy groups -OCH3 is 3. The quantitative estimate of drug-likeness (QED) is 0.198. The third-order valence-electron chi connectivity index (χ3n) is 6.98. The van der Waals surface area contributed by atoms with Gasteiger partial charge in [-0.25, -0.2) is 0 Å². The number of fused-ring (bicyclic) bond motifs is 2. The summed E-state index contributed by atoms with van der Waals surface area (Å²) in [5.74, 6) is 2.19. The summed E-state index contributed by atoms with van der Waals surface area (Å²) >= 11 is 0. The van der Waals surface area contributed by atoms with Crippen LogP contribution in [0.4, 0.5) is 0 Å². The second-order valence-corrected chi connectivity index (χ2v) is 9.38. The van der Waals surface area contributed by atoms with Crippen LogP contribution in [0.3, 0.4) is 0 Å². The first-order valence-electron chi connectivity index (χ1n) is 13.0. The molecular weight excluding hydrogens is 540 g/mol. The monoisotopic (exact) mass is 566 g/mol. The SMILES string of the molecule is COc1cc2c(=O)c(-c3cc(OC)c4c(c3OC)OCO4)coc2cc1OCc1ccc(C(=O)c2ccccc2)cc1. The number of hydrogen-bond donors (Lipinski definition) is 0. The van der Waals surface area contributed by atoms with E-state index in [-0.39, 0.29) is 30.2 Å². The average Bonchev–Trinajstić information content (AvgIpc) is 3.53. The standard InChI is InChI=1S/C33H26O9/c1-36-26-14-23-25(15-27(26)39-16-19-9-11-21(12-10-19)29(34)20-7-5-4-6-8-20)40-17-24(30(23)35)22-13-28(37-2)32-33(31(22)38-3)42-18-41-32/h4-15,17H,16,18H2,1-3H3. The lowest BCUT2D eigenvalue weighted by Crippen LogP contribution is -2.07. The lowest BCUT2D eigenvalue weighted by Gasteiger charge is -2.15. The smallest absolute Gasteiger partial charge is 0.231 e. The van der Waals surface area contributed by atoms with Crippen LogP contribution in [0.15, 0.2) is 88.3 Å². The molecule has 0 aliphatic carbocycles. The molecule has 212 valence electrons. The van der Waals surface area contributed by atoms with Gasteiger partial charge in [0.25, 0.3) is 0 Å². The zero-order valence-electron chi connectivity index (χ0n) is 23.1. The maximum absolute atomic E-state index is 13.7. The molecule has 6 rings (SSSR count). The highest BCUT2D eigenvalue weighted by Gasteiger charge is 2.29. The summed E-state index contributed by atoms with van der Waals surface area (Å²) in [5, 5.41) is 0.291. The number of hydrogen-bond acceptors (Lipinski definition) is 9. The Morgan fingerprint density at radius 1 is 0.762 bits per heavy atom. The van der Waals surface area contributed by atoms with Crippen LogP contribution >= 0.6 is 0 Å². The van der Waals surface area contributed by atoms with Crippen molar-refractivity contribution in [2.75, 3.05) is 28.1 Å². The Morgan fingerprint density at radius 2 is 1.48 bits per heavy atom. The van der Waals surface area contributed by atoms with Gasteiger partial charge in [0.15, 0.2) is 28.8 Å². The van der Waals surface area contributed by atoms with Crippen molar-refractivity contribution < 1.29 is 37.6 Å². The number of rotatable bonds is 9. The number of carbonyl (C=O) groups is 1. The molecule has 0 saturated heterocycles. The van der Waals surface area contributed by atoms with Gasteiger partial charge in [0.05, 0.1) is 32.3 Å². The molecule has 0 bridgehead atoms. The maximum Gasteiger partial charge on any atom is 0.231 e. The number of ketones is 1. The first-order valence-corrected chi connectivity index (χ1v) is 13.0. The normalized spacial score (nSPS) is 11.8. The molecule has 0 atom stereocenters. The van der Waals surface area contributed by atoms with Crippen LogP contribution in [0.5, 0.6) is 34.5 Å². The minimum Gasteiger partial charge on any atom is -0.493 e. The van der Waals surface area contributed by atoms with E-state index >= 15 is 0 Å². The topological polar surface area (TPSA) is 103 Å². The predicted octanol–water partition coefficient (Wildman–Crippen LogP) is 6.02. The molecular formula is C33H26O9. The molecule has 0 amide bonds. The second kappa shape index (κ2) is 11.2. The number of carbonyl (C=O) groups excluding carboxylic acids is 1. The van der Waals surface area contributed by atoms with Crippen molar-refractivity contribution in [3.63, 3.8) is 0 Å². The summed E-state index contributed by atoms with van der Waals surface area (Å²) in [6.45, 7) is 0.214. The summed E-state index contributed by atoms with van der Waals surface area (Å²) in [7, 11) is 4.48.